The summed E-state index contributed by atoms with van der Waals surface area (Å²) in [4.78, 5) is 16.8. The fourth-order valence-corrected chi connectivity index (χ4v) is 1.74. The minimum absolute atomic E-state index is 0.322. The largest absolute Gasteiger partial charge is 0.508 e. The number of benzene rings is 3. The van der Waals surface area contributed by atoms with E-state index in [2.05, 4.69) is 4.52 Å². The van der Waals surface area contributed by atoms with E-state index in [9.17, 15) is 0 Å². The van der Waals surface area contributed by atoms with Gasteiger partial charge in [-0.2, -0.15) is 0 Å². The maximum absolute atomic E-state index is 8.63. The first-order chi connectivity index (χ1) is 11.6. The number of aromatic hydroxyl groups is 2. The van der Waals surface area contributed by atoms with Crippen molar-refractivity contribution in [3.05, 3.63) is 91.0 Å². The molecular weight excluding hydrogens is 327 g/mol. The highest BCUT2D eigenvalue weighted by Gasteiger charge is 1.99. The van der Waals surface area contributed by atoms with Gasteiger partial charge in [0.2, 0.25) is 0 Å². The van der Waals surface area contributed by atoms with E-state index in [0.717, 1.165) is 0 Å². The van der Waals surface area contributed by atoms with Gasteiger partial charge < -0.3 is 24.5 Å². The predicted octanol–water partition coefficient (Wildman–Crippen LogP) is 4.06. The normalized spacial score (nSPS) is 9.12. The highest BCUT2D eigenvalue weighted by atomic mass is 31.2. The number of phenolic OH excluding ortho intramolecular Hbond substituents is 2. The molecule has 3 aromatic carbocycles. The molecule has 0 atom stereocenters. The second kappa shape index (κ2) is 11.9. The molecule has 4 N–H and O–H groups in total. The molecule has 0 fully saturated rings. The summed E-state index contributed by atoms with van der Waals surface area (Å²) in [6, 6.07) is 26.1. The van der Waals surface area contributed by atoms with Crippen molar-refractivity contribution in [2.24, 2.45) is 0 Å². The zero-order valence-electron chi connectivity index (χ0n) is 12.8. The number of hydrogen-bond donors (Lipinski definition) is 4. The Bertz CT molecular complexity index is 611. The molecule has 3 aromatic rings. The molecule has 0 unspecified atom stereocenters. The molecule has 0 amide bonds. The first-order valence-electron chi connectivity index (χ1n) is 6.97. The minimum Gasteiger partial charge on any atom is -0.508 e. The molecular formula is C18H19O5P. The summed E-state index contributed by atoms with van der Waals surface area (Å²) < 4.78 is 4.59. The van der Waals surface area contributed by atoms with E-state index in [1.165, 1.54) is 0 Å². The number of rotatable bonds is 2. The lowest BCUT2D eigenvalue weighted by Gasteiger charge is -2.02. The van der Waals surface area contributed by atoms with E-state index in [4.69, 9.17) is 20.0 Å². The maximum Gasteiger partial charge on any atom is 0.391 e. The van der Waals surface area contributed by atoms with Gasteiger partial charge in [0.1, 0.15) is 17.2 Å². The Balaban J connectivity index is 0.000000185. The lowest BCUT2D eigenvalue weighted by molar-refractivity contribution is 0.375. The van der Waals surface area contributed by atoms with Crippen LogP contribution in [0.5, 0.6) is 17.2 Å². The van der Waals surface area contributed by atoms with Gasteiger partial charge in [-0.3, -0.25) is 0 Å². The van der Waals surface area contributed by atoms with Crippen LogP contribution in [0.3, 0.4) is 0 Å². The predicted molar refractivity (Wildman–Crippen MR) is 94.6 cm³/mol. The summed E-state index contributed by atoms with van der Waals surface area (Å²) in [7, 11) is -2.28. The molecule has 0 heterocycles. The zero-order chi connectivity index (χ0) is 17.6. The molecule has 0 radical (unpaired) electrons. The molecule has 0 spiro atoms. The molecule has 0 saturated heterocycles. The van der Waals surface area contributed by atoms with Gasteiger partial charge in [-0.05, 0) is 36.4 Å². The summed E-state index contributed by atoms with van der Waals surface area (Å²) >= 11 is 0. The second-order valence-corrected chi connectivity index (χ2v) is 5.02. The van der Waals surface area contributed by atoms with E-state index in [-0.39, 0.29) is 0 Å². The Morgan fingerprint density at radius 2 is 0.875 bits per heavy atom. The van der Waals surface area contributed by atoms with Crippen molar-refractivity contribution in [3.63, 3.8) is 0 Å². The molecule has 0 aliphatic carbocycles. The van der Waals surface area contributed by atoms with Gasteiger partial charge in [-0.15, -0.1) is 0 Å². The molecule has 0 aliphatic rings. The molecule has 0 aliphatic heterocycles. The Kier molecular flexibility index (Phi) is 9.65. The number of para-hydroxylation sites is 3. The Labute approximate surface area is 142 Å². The van der Waals surface area contributed by atoms with Crippen molar-refractivity contribution in [2.45, 2.75) is 0 Å². The van der Waals surface area contributed by atoms with Crippen molar-refractivity contribution >= 4 is 8.60 Å². The van der Waals surface area contributed by atoms with Gasteiger partial charge in [-0.25, -0.2) is 0 Å². The second-order valence-electron chi connectivity index (χ2n) is 4.33. The summed E-state index contributed by atoms with van der Waals surface area (Å²) in [6.07, 6.45) is 0. The van der Waals surface area contributed by atoms with Gasteiger partial charge in [0.25, 0.3) is 0 Å². The lowest BCUT2D eigenvalue weighted by atomic mass is 10.3. The Hall–Kier alpha value is -2.59. The molecule has 6 heteroatoms. The number of hydrogen-bond acceptors (Lipinski definition) is 5. The van der Waals surface area contributed by atoms with Crippen LogP contribution in [0.2, 0.25) is 0 Å². The van der Waals surface area contributed by atoms with Crippen LogP contribution in [-0.4, -0.2) is 20.0 Å². The van der Waals surface area contributed by atoms with Crippen LogP contribution in [0.4, 0.5) is 0 Å². The lowest BCUT2D eigenvalue weighted by Crippen LogP contribution is -1.82. The first kappa shape index (κ1) is 19.5. The van der Waals surface area contributed by atoms with Crippen molar-refractivity contribution in [1.29, 1.82) is 0 Å². The van der Waals surface area contributed by atoms with Gasteiger partial charge in [0.15, 0.2) is 0 Å². The van der Waals surface area contributed by atoms with Crippen LogP contribution in [-0.2, 0) is 0 Å². The summed E-state index contributed by atoms with van der Waals surface area (Å²) in [5.41, 5.74) is 0. The van der Waals surface area contributed by atoms with Crippen LogP contribution in [0.1, 0.15) is 0 Å². The van der Waals surface area contributed by atoms with E-state index in [0.29, 0.717) is 17.2 Å². The highest BCUT2D eigenvalue weighted by molar-refractivity contribution is 7.39. The van der Waals surface area contributed by atoms with E-state index < -0.39 is 8.60 Å². The highest BCUT2D eigenvalue weighted by Crippen LogP contribution is 2.27. The average molecular weight is 346 g/mol. The third kappa shape index (κ3) is 10.2. The Morgan fingerprint density at radius 1 is 0.542 bits per heavy atom. The minimum atomic E-state index is -2.28. The van der Waals surface area contributed by atoms with Gasteiger partial charge in [0.05, 0.1) is 0 Å². The molecule has 3 rings (SSSR count). The van der Waals surface area contributed by atoms with Crippen molar-refractivity contribution < 1.29 is 24.5 Å². The van der Waals surface area contributed by atoms with Crippen LogP contribution in [0, 0.1) is 0 Å². The summed E-state index contributed by atoms with van der Waals surface area (Å²) in [5.74, 6) is 1.11. The standard InChI is InChI=1S/C6H7O3P.2C6H6O/c7-10(8)9-6-4-2-1-3-5-6;2*7-6-4-2-1-3-5-6/h1-5,7-8H;2*1-5,7H. The SMILES string of the molecule is OP(O)Oc1ccccc1.Oc1ccccc1.Oc1ccccc1. The molecule has 0 bridgehead atoms. The van der Waals surface area contributed by atoms with Crippen LogP contribution in [0.15, 0.2) is 91.0 Å². The van der Waals surface area contributed by atoms with Crippen LogP contribution in [0.25, 0.3) is 0 Å². The van der Waals surface area contributed by atoms with Crippen molar-refractivity contribution in [2.75, 3.05) is 0 Å². The van der Waals surface area contributed by atoms with Gasteiger partial charge >= 0.3 is 8.60 Å². The van der Waals surface area contributed by atoms with Crippen molar-refractivity contribution in [1.82, 2.24) is 0 Å². The summed E-state index contributed by atoms with van der Waals surface area (Å²) in [5, 5.41) is 17.3. The molecule has 0 aromatic heterocycles. The molecule has 0 saturated carbocycles. The fourth-order valence-electron chi connectivity index (χ4n) is 1.43. The first-order valence-corrected chi connectivity index (χ1v) is 8.13. The van der Waals surface area contributed by atoms with E-state index in [1.54, 1.807) is 72.8 Å². The zero-order valence-corrected chi connectivity index (χ0v) is 13.7. The van der Waals surface area contributed by atoms with Gasteiger partial charge in [0, 0.05) is 0 Å². The summed E-state index contributed by atoms with van der Waals surface area (Å²) in [6.45, 7) is 0. The third-order valence-corrected chi connectivity index (χ3v) is 2.82. The van der Waals surface area contributed by atoms with Gasteiger partial charge in [-0.1, -0.05) is 54.6 Å². The molecule has 5 nitrogen and oxygen atoms in total. The monoisotopic (exact) mass is 346 g/mol. The van der Waals surface area contributed by atoms with Crippen LogP contribution >= 0.6 is 8.60 Å². The molecule has 24 heavy (non-hydrogen) atoms. The Morgan fingerprint density at radius 3 is 1.12 bits per heavy atom. The topological polar surface area (TPSA) is 90.2 Å². The van der Waals surface area contributed by atoms with E-state index in [1.807, 2.05) is 18.2 Å². The number of phenols is 2. The van der Waals surface area contributed by atoms with E-state index >= 15 is 0 Å². The van der Waals surface area contributed by atoms with Crippen LogP contribution < -0.4 is 4.52 Å². The maximum atomic E-state index is 8.63. The smallest absolute Gasteiger partial charge is 0.391 e. The third-order valence-electron chi connectivity index (χ3n) is 2.44. The average Bonchev–Trinajstić information content (AvgIpc) is 2.58. The quantitative estimate of drug-likeness (QED) is 0.525. The molecule has 126 valence electrons. The van der Waals surface area contributed by atoms with Crippen molar-refractivity contribution in [3.8, 4) is 17.2 Å². The fraction of sp³-hybridized carbons (Fsp3) is 0.